The number of carbonyl (C=O) groups excluding carboxylic acids is 2. The molecule has 0 radical (unpaired) electrons. The maximum Gasteiger partial charge on any atom is 0.290 e. The van der Waals surface area contributed by atoms with Gasteiger partial charge in [-0.1, -0.05) is 13.0 Å². The number of ketones is 1. The van der Waals surface area contributed by atoms with Crippen LogP contribution in [0.15, 0.2) is 29.5 Å². The zero-order valence-corrected chi connectivity index (χ0v) is 17.3. The van der Waals surface area contributed by atoms with Crippen LogP contribution in [-0.4, -0.2) is 67.0 Å². The van der Waals surface area contributed by atoms with Gasteiger partial charge in [-0.25, -0.2) is 0 Å². The number of hydrogen-bond acceptors (Lipinski definition) is 6. The van der Waals surface area contributed by atoms with Crippen molar-refractivity contribution in [2.45, 2.75) is 33.2 Å². The number of nitrogens with zero attached hydrogens (tertiary/aromatic N) is 2. The largest absolute Gasteiger partial charge is 0.503 e. The number of Topliss-reactive ketones (excluding diaryl/α,β-unsaturated/α-hetero) is 1. The molecule has 0 bridgehead atoms. The van der Waals surface area contributed by atoms with E-state index in [1.165, 1.54) is 0 Å². The SMILES string of the molecule is CCOc1ccc(C2C(C(=O)CC)=C(O)C(=O)N2CCN(C)C)cc1OCC. The molecular formula is C21H30N2O5. The number of rotatable bonds is 10. The lowest BCUT2D eigenvalue weighted by Gasteiger charge is -2.28. The third-order valence-electron chi connectivity index (χ3n) is 4.60. The van der Waals surface area contributed by atoms with Crippen molar-refractivity contribution >= 4 is 11.7 Å². The highest BCUT2D eigenvalue weighted by molar-refractivity contribution is 6.08. The Morgan fingerprint density at radius 1 is 1.14 bits per heavy atom. The Kier molecular flexibility index (Phi) is 7.45. The van der Waals surface area contributed by atoms with Crippen molar-refractivity contribution in [2.75, 3.05) is 40.4 Å². The Morgan fingerprint density at radius 3 is 2.36 bits per heavy atom. The van der Waals surface area contributed by atoms with Crippen LogP contribution in [-0.2, 0) is 9.59 Å². The van der Waals surface area contributed by atoms with Gasteiger partial charge in [-0.05, 0) is 45.6 Å². The van der Waals surface area contributed by atoms with Gasteiger partial charge in [0.05, 0.1) is 24.8 Å². The second-order valence-electron chi connectivity index (χ2n) is 6.82. The molecule has 7 heteroatoms. The van der Waals surface area contributed by atoms with Crippen LogP contribution in [0, 0.1) is 0 Å². The maximum atomic E-state index is 12.7. The van der Waals surface area contributed by atoms with Crippen LogP contribution in [0.4, 0.5) is 0 Å². The van der Waals surface area contributed by atoms with Gasteiger partial charge in [0.25, 0.3) is 5.91 Å². The van der Waals surface area contributed by atoms with Crippen LogP contribution < -0.4 is 9.47 Å². The number of amides is 1. The minimum absolute atomic E-state index is 0.151. The highest BCUT2D eigenvalue weighted by Gasteiger charge is 2.43. The van der Waals surface area contributed by atoms with Gasteiger partial charge in [-0.3, -0.25) is 9.59 Å². The van der Waals surface area contributed by atoms with Crippen LogP contribution in [0.2, 0.25) is 0 Å². The van der Waals surface area contributed by atoms with E-state index < -0.39 is 17.7 Å². The fourth-order valence-electron chi connectivity index (χ4n) is 3.25. The molecule has 1 aromatic carbocycles. The standard InChI is InChI=1S/C21H30N2O5/c1-6-15(24)18-19(23(12-11-22(4)5)21(26)20(18)25)14-9-10-16(27-7-2)17(13-14)28-8-3/h9-10,13,19,25H,6-8,11-12H2,1-5H3. The van der Waals surface area contributed by atoms with Crippen molar-refractivity contribution in [3.63, 3.8) is 0 Å². The summed E-state index contributed by atoms with van der Waals surface area (Å²) < 4.78 is 11.3. The molecule has 0 aliphatic carbocycles. The number of benzene rings is 1. The molecule has 7 nitrogen and oxygen atoms in total. The summed E-state index contributed by atoms with van der Waals surface area (Å²) in [5.41, 5.74) is 0.859. The number of ether oxygens (including phenoxy) is 2. The first kappa shape index (κ1) is 21.8. The van der Waals surface area contributed by atoms with E-state index in [9.17, 15) is 14.7 Å². The molecule has 0 aromatic heterocycles. The van der Waals surface area contributed by atoms with E-state index in [2.05, 4.69) is 0 Å². The Morgan fingerprint density at radius 2 is 1.79 bits per heavy atom. The summed E-state index contributed by atoms with van der Waals surface area (Å²) in [5, 5.41) is 10.4. The van der Waals surface area contributed by atoms with Gasteiger partial charge in [0.2, 0.25) is 0 Å². The second kappa shape index (κ2) is 9.59. The third-order valence-corrected chi connectivity index (χ3v) is 4.60. The van der Waals surface area contributed by atoms with E-state index in [1.54, 1.807) is 24.0 Å². The second-order valence-corrected chi connectivity index (χ2v) is 6.82. The molecule has 1 aliphatic heterocycles. The van der Waals surface area contributed by atoms with E-state index in [0.29, 0.717) is 43.4 Å². The van der Waals surface area contributed by atoms with Gasteiger partial charge in [-0.15, -0.1) is 0 Å². The predicted octanol–water partition coefficient (Wildman–Crippen LogP) is 2.72. The Labute approximate surface area is 166 Å². The topological polar surface area (TPSA) is 79.3 Å². The minimum Gasteiger partial charge on any atom is -0.503 e. The van der Waals surface area contributed by atoms with Crippen LogP contribution in [0.1, 0.15) is 38.8 Å². The fraction of sp³-hybridized carbons (Fsp3) is 0.524. The average molecular weight is 390 g/mol. The Bertz CT molecular complexity index is 757. The number of hydrogen-bond donors (Lipinski definition) is 1. The first-order chi connectivity index (χ1) is 13.3. The summed E-state index contributed by atoms with van der Waals surface area (Å²) >= 11 is 0. The predicted molar refractivity (Wildman–Crippen MR) is 107 cm³/mol. The van der Waals surface area contributed by atoms with E-state index in [0.717, 1.165) is 0 Å². The molecule has 154 valence electrons. The van der Waals surface area contributed by atoms with Gasteiger partial charge in [0.1, 0.15) is 0 Å². The summed E-state index contributed by atoms with van der Waals surface area (Å²) in [6, 6.07) is 4.74. The van der Waals surface area contributed by atoms with Gasteiger partial charge in [-0.2, -0.15) is 0 Å². The molecule has 0 saturated heterocycles. The van der Waals surface area contributed by atoms with Crippen molar-refractivity contribution in [3.8, 4) is 11.5 Å². The molecule has 0 spiro atoms. The molecule has 28 heavy (non-hydrogen) atoms. The number of carbonyl (C=O) groups is 2. The first-order valence-corrected chi connectivity index (χ1v) is 9.67. The molecule has 1 unspecified atom stereocenters. The summed E-state index contributed by atoms with van der Waals surface area (Å²) in [6.45, 7) is 7.44. The smallest absolute Gasteiger partial charge is 0.290 e. The first-order valence-electron chi connectivity index (χ1n) is 9.67. The van der Waals surface area contributed by atoms with E-state index in [1.807, 2.05) is 38.9 Å². The van der Waals surface area contributed by atoms with Crippen molar-refractivity contribution in [1.82, 2.24) is 9.80 Å². The van der Waals surface area contributed by atoms with Crippen LogP contribution >= 0.6 is 0 Å². The summed E-state index contributed by atoms with van der Waals surface area (Å²) in [5.74, 6) is -0.0571. The van der Waals surface area contributed by atoms with Crippen molar-refractivity contribution in [1.29, 1.82) is 0 Å². The minimum atomic E-state index is -0.644. The van der Waals surface area contributed by atoms with E-state index >= 15 is 0 Å². The molecule has 1 N–H and O–H groups in total. The highest BCUT2D eigenvalue weighted by Crippen LogP contribution is 2.41. The van der Waals surface area contributed by atoms with Gasteiger partial charge in [0, 0.05) is 19.5 Å². The van der Waals surface area contributed by atoms with Crippen molar-refractivity contribution < 1.29 is 24.2 Å². The molecule has 1 aliphatic rings. The molecule has 2 rings (SSSR count). The molecule has 1 amide bonds. The van der Waals surface area contributed by atoms with Gasteiger partial charge < -0.3 is 24.4 Å². The Hall–Kier alpha value is -2.54. The average Bonchev–Trinajstić information content (AvgIpc) is 2.92. The zero-order chi connectivity index (χ0) is 20.8. The monoisotopic (exact) mass is 390 g/mol. The van der Waals surface area contributed by atoms with Crippen LogP contribution in [0.25, 0.3) is 0 Å². The number of aliphatic hydroxyl groups is 1. The normalized spacial score (nSPS) is 16.9. The number of aliphatic hydroxyl groups excluding tert-OH is 1. The van der Waals surface area contributed by atoms with E-state index in [4.69, 9.17) is 9.47 Å². The van der Waals surface area contributed by atoms with Crippen molar-refractivity contribution in [2.24, 2.45) is 0 Å². The lowest BCUT2D eigenvalue weighted by Crippen LogP contribution is -2.36. The van der Waals surface area contributed by atoms with Gasteiger partial charge in [0.15, 0.2) is 23.0 Å². The molecular weight excluding hydrogens is 360 g/mol. The molecule has 1 aromatic rings. The quantitative estimate of drug-likeness (QED) is 0.662. The zero-order valence-electron chi connectivity index (χ0n) is 17.3. The highest BCUT2D eigenvalue weighted by atomic mass is 16.5. The fourth-order valence-corrected chi connectivity index (χ4v) is 3.25. The lowest BCUT2D eigenvalue weighted by molar-refractivity contribution is -0.129. The number of likely N-dealkylation sites (N-methyl/N-ethyl adjacent to an activating group) is 1. The summed E-state index contributed by atoms with van der Waals surface area (Å²) in [7, 11) is 3.82. The van der Waals surface area contributed by atoms with E-state index in [-0.39, 0.29) is 17.8 Å². The van der Waals surface area contributed by atoms with Crippen molar-refractivity contribution in [3.05, 3.63) is 35.1 Å². The molecule has 0 saturated carbocycles. The molecule has 1 heterocycles. The third kappa shape index (κ3) is 4.47. The Balaban J connectivity index is 2.52. The molecule has 0 fully saturated rings. The van der Waals surface area contributed by atoms with Gasteiger partial charge >= 0.3 is 0 Å². The maximum absolute atomic E-state index is 12.7. The molecule has 1 atom stereocenters. The lowest BCUT2D eigenvalue weighted by atomic mass is 9.94. The van der Waals surface area contributed by atoms with Crippen LogP contribution in [0.3, 0.4) is 0 Å². The summed E-state index contributed by atoms with van der Waals surface area (Å²) in [4.78, 5) is 28.8. The summed E-state index contributed by atoms with van der Waals surface area (Å²) in [6.07, 6.45) is 0.208. The van der Waals surface area contributed by atoms with Crippen LogP contribution in [0.5, 0.6) is 11.5 Å².